The highest BCUT2D eigenvalue weighted by atomic mass is 32.2. The average molecular weight is 306 g/mol. The molecule has 0 spiro atoms. The van der Waals surface area contributed by atoms with Crippen LogP contribution < -0.4 is 10.6 Å². The van der Waals surface area contributed by atoms with E-state index in [-0.39, 0.29) is 17.3 Å². The fourth-order valence-electron chi connectivity index (χ4n) is 1.35. The first-order valence-electron chi connectivity index (χ1n) is 6.80. The molecule has 1 unspecified atom stereocenters. The van der Waals surface area contributed by atoms with Crippen LogP contribution in [0.4, 0.5) is 0 Å². The summed E-state index contributed by atoms with van der Waals surface area (Å²) in [6.45, 7) is 6.98. The van der Waals surface area contributed by atoms with Crippen LogP contribution in [0.1, 0.15) is 27.2 Å². The molecule has 0 amide bonds. The molecule has 2 N–H and O–H groups in total. The van der Waals surface area contributed by atoms with Gasteiger partial charge in [-0.1, -0.05) is 0 Å². The molecule has 0 fully saturated rings. The lowest BCUT2D eigenvalue weighted by atomic mass is 10.0. The van der Waals surface area contributed by atoms with E-state index < -0.39 is 9.84 Å². The minimum absolute atomic E-state index is 0.00756. The molecule has 120 valence electrons. The van der Waals surface area contributed by atoms with Crippen molar-refractivity contribution in [2.24, 2.45) is 4.99 Å². The Morgan fingerprint density at radius 3 is 2.30 bits per heavy atom. The lowest BCUT2D eigenvalue weighted by Gasteiger charge is -2.33. The number of aliphatic imine (C=N–C) groups is 1. The first-order valence-corrected chi connectivity index (χ1v) is 8.86. The van der Waals surface area contributed by atoms with Gasteiger partial charge >= 0.3 is 0 Å². The van der Waals surface area contributed by atoms with Crippen molar-refractivity contribution in [1.29, 1.82) is 0 Å². The second-order valence-electron chi connectivity index (χ2n) is 6.10. The summed E-state index contributed by atoms with van der Waals surface area (Å²) in [5, 5.41) is 6.47. The molecule has 0 aliphatic heterocycles. The smallest absolute Gasteiger partial charge is 0.191 e. The minimum atomic E-state index is -2.92. The first-order chi connectivity index (χ1) is 8.98. The molecule has 0 saturated carbocycles. The molecule has 0 aliphatic carbocycles. The summed E-state index contributed by atoms with van der Waals surface area (Å²) in [6, 6.07) is 0.0541. The first kappa shape index (κ1) is 19.2. The average Bonchev–Trinajstić information content (AvgIpc) is 2.30. The van der Waals surface area contributed by atoms with E-state index in [0.29, 0.717) is 12.4 Å². The van der Waals surface area contributed by atoms with E-state index in [0.717, 1.165) is 6.54 Å². The summed E-state index contributed by atoms with van der Waals surface area (Å²) in [4.78, 5) is 6.30. The van der Waals surface area contributed by atoms with E-state index in [1.165, 1.54) is 6.26 Å². The fraction of sp³-hybridized carbons (Fsp3) is 0.923. The van der Waals surface area contributed by atoms with Crippen LogP contribution in [-0.4, -0.2) is 70.6 Å². The Kier molecular flexibility index (Phi) is 7.51. The molecule has 0 saturated heterocycles. The Morgan fingerprint density at radius 1 is 1.35 bits per heavy atom. The van der Waals surface area contributed by atoms with Crippen molar-refractivity contribution >= 4 is 15.8 Å². The number of nitrogens with zero attached hydrogens (tertiary/aromatic N) is 2. The number of hydrogen-bond donors (Lipinski definition) is 2. The van der Waals surface area contributed by atoms with Gasteiger partial charge < -0.3 is 15.5 Å². The molecule has 0 radical (unpaired) electrons. The highest BCUT2D eigenvalue weighted by Crippen LogP contribution is 2.07. The minimum Gasteiger partial charge on any atom is -0.355 e. The molecule has 0 aliphatic rings. The molecule has 6 nitrogen and oxygen atoms in total. The third-order valence-electron chi connectivity index (χ3n) is 3.43. The van der Waals surface area contributed by atoms with Gasteiger partial charge in [-0.15, -0.1) is 0 Å². The van der Waals surface area contributed by atoms with Crippen LogP contribution in [0.2, 0.25) is 0 Å². The maximum atomic E-state index is 11.1. The quantitative estimate of drug-likeness (QED) is 0.523. The van der Waals surface area contributed by atoms with Crippen molar-refractivity contribution in [3.05, 3.63) is 0 Å². The van der Waals surface area contributed by atoms with Gasteiger partial charge in [-0.2, -0.15) is 0 Å². The van der Waals surface area contributed by atoms with Crippen molar-refractivity contribution in [2.75, 3.05) is 39.7 Å². The van der Waals surface area contributed by atoms with Gasteiger partial charge in [0.15, 0.2) is 5.96 Å². The summed E-state index contributed by atoms with van der Waals surface area (Å²) in [5.74, 6) is 0.877. The maximum absolute atomic E-state index is 11.1. The number of sulfone groups is 1. The van der Waals surface area contributed by atoms with Crippen molar-refractivity contribution in [3.63, 3.8) is 0 Å². The van der Waals surface area contributed by atoms with Crippen LogP contribution in [0.15, 0.2) is 4.99 Å². The van der Waals surface area contributed by atoms with Gasteiger partial charge in [0, 0.05) is 31.4 Å². The largest absolute Gasteiger partial charge is 0.355 e. The SMILES string of the molecule is CN=C(NCC(C)(C)N(C)C)NC(C)CCS(C)(=O)=O. The zero-order chi connectivity index (χ0) is 16.0. The molecule has 0 aromatic rings. The number of guanidine groups is 1. The second-order valence-corrected chi connectivity index (χ2v) is 8.36. The highest BCUT2D eigenvalue weighted by Gasteiger charge is 2.20. The molecule has 1 atom stereocenters. The van der Waals surface area contributed by atoms with Crippen LogP contribution in [0.5, 0.6) is 0 Å². The third-order valence-corrected chi connectivity index (χ3v) is 4.40. The van der Waals surface area contributed by atoms with E-state index in [2.05, 4.69) is 34.4 Å². The summed E-state index contributed by atoms with van der Waals surface area (Å²) in [6.07, 6.45) is 1.82. The lowest BCUT2D eigenvalue weighted by molar-refractivity contribution is 0.197. The Labute approximate surface area is 123 Å². The summed E-state index contributed by atoms with van der Waals surface area (Å²) in [7, 11) is 2.86. The van der Waals surface area contributed by atoms with E-state index in [4.69, 9.17) is 0 Å². The molecule has 0 aromatic carbocycles. The van der Waals surface area contributed by atoms with Crippen molar-refractivity contribution in [2.45, 2.75) is 38.8 Å². The van der Waals surface area contributed by atoms with Crippen LogP contribution in [0.25, 0.3) is 0 Å². The van der Waals surface area contributed by atoms with Gasteiger partial charge in [0.2, 0.25) is 0 Å². The van der Waals surface area contributed by atoms with E-state index in [1.54, 1.807) is 7.05 Å². The number of hydrogen-bond acceptors (Lipinski definition) is 4. The fourth-order valence-corrected chi connectivity index (χ4v) is 2.13. The zero-order valence-electron chi connectivity index (χ0n) is 13.8. The third kappa shape index (κ3) is 8.37. The Balaban J connectivity index is 4.30. The predicted molar refractivity (Wildman–Crippen MR) is 86.1 cm³/mol. The number of rotatable bonds is 7. The number of nitrogens with one attached hydrogen (secondary N) is 2. The molecule has 7 heteroatoms. The van der Waals surface area contributed by atoms with Crippen molar-refractivity contribution in [3.8, 4) is 0 Å². The monoisotopic (exact) mass is 306 g/mol. The summed E-state index contributed by atoms with van der Waals surface area (Å²) in [5.41, 5.74) is 0.00756. The molecule has 0 bridgehead atoms. The molecular formula is C13H30N4O2S. The summed E-state index contributed by atoms with van der Waals surface area (Å²) < 4.78 is 22.3. The Bertz CT molecular complexity index is 416. The number of likely N-dealkylation sites (N-methyl/N-ethyl adjacent to an activating group) is 1. The maximum Gasteiger partial charge on any atom is 0.191 e. The highest BCUT2D eigenvalue weighted by molar-refractivity contribution is 7.90. The lowest BCUT2D eigenvalue weighted by Crippen LogP contribution is -2.52. The molecule has 0 aromatic heterocycles. The molecule has 0 rings (SSSR count). The van der Waals surface area contributed by atoms with Crippen LogP contribution in [0.3, 0.4) is 0 Å². The summed E-state index contributed by atoms with van der Waals surface area (Å²) >= 11 is 0. The topological polar surface area (TPSA) is 73.8 Å². The van der Waals surface area contributed by atoms with Gasteiger partial charge in [0.1, 0.15) is 9.84 Å². The van der Waals surface area contributed by atoms with Crippen LogP contribution >= 0.6 is 0 Å². The van der Waals surface area contributed by atoms with Gasteiger partial charge in [-0.05, 0) is 41.3 Å². The predicted octanol–water partition coefficient (Wildman–Crippen LogP) is 0.315. The Morgan fingerprint density at radius 2 is 1.90 bits per heavy atom. The van der Waals surface area contributed by atoms with Gasteiger partial charge in [0.25, 0.3) is 0 Å². The normalized spacial score (nSPS) is 15.3. The van der Waals surface area contributed by atoms with E-state index in [9.17, 15) is 8.42 Å². The van der Waals surface area contributed by atoms with Gasteiger partial charge in [-0.25, -0.2) is 8.42 Å². The zero-order valence-corrected chi connectivity index (χ0v) is 14.6. The van der Waals surface area contributed by atoms with Gasteiger partial charge in [0.05, 0.1) is 5.75 Å². The van der Waals surface area contributed by atoms with Crippen molar-refractivity contribution < 1.29 is 8.42 Å². The molecular weight excluding hydrogens is 276 g/mol. The van der Waals surface area contributed by atoms with Crippen LogP contribution in [-0.2, 0) is 9.84 Å². The standard InChI is InChI=1S/C13H30N4O2S/c1-11(8-9-20(7,18)19)16-12(14-4)15-10-13(2,3)17(5)6/h11H,8-10H2,1-7H3,(H2,14,15,16). The van der Waals surface area contributed by atoms with Crippen LogP contribution in [0, 0.1) is 0 Å². The Hall–Kier alpha value is -0.820. The van der Waals surface area contributed by atoms with Crippen molar-refractivity contribution in [1.82, 2.24) is 15.5 Å². The van der Waals surface area contributed by atoms with Gasteiger partial charge in [-0.3, -0.25) is 4.99 Å². The second kappa shape index (κ2) is 7.83. The van der Waals surface area contributed by atoms with E-state index in [1.807, 2.05) is 21.0 Å². The molecule has 0 heterocycles. The molecule has 20 heavy (non-hydrogen) atoms. The van der Waals surface area contributed by atoms with E-state index >= 15 is 0 Å².